The van der Waals surface area contributed by atoms with Gasteiger partial charge in [0.2, 0.25) is 5.91 Å². The second kappa shape index (κ2) is 10.4. The number of carbonyl (C=O) groups excluding carboxylic acids is 2. The van der Waals surface area contributed by atoms with Gasteiger partial charge < -0.3 is 20.1 Å². The number of rotatable bonds is 10. The predicted octanol–water partition coefficient (Wildman–Crippen LogP) is -1.69. The number of nitrogens with zero attached hydrogens (tertiary/aromatic N) is 6. The summed E-state index contributed by atoms with van der Waals surface area (Å²) in [7, 11) is 0. The van der Waals surface area contributed by atoms with Crippen LogP contribution in [0.4, 0.5) is 0 Å². The Morgan fingerprint density at radius 1 is 1.24 bits per heavy atom. The lowest BCUT2D eigenvalue weighted by molar-refractivity contribution is -0.163. The molecule has 4 N–H and O–H groups in total. The van der Waals surface area contributed by atoms with E-state index >= 15 is 0 Å². The SMILES string of the molecule is [N-]=[N+]=NCC(=O)NO[C@@H](C=O)[C@@H](O)[C@@H](O)[C@H](O)CN=[N+]=[N-]. The molecule has 0 aromatic heterocycles. The van der Waals surface area contributed by atoms with Gasteiger partial charge in [0.1, 0.15) is 18.8 Å². The summed E-state index contributed by atoms with van der Waals surface area (Å²) in [6.07, 6.45) is -7.02. The molecule has 0 spiro atoms. The van der Waals surface area contributed by atoms with E-state index in [2.05, 4.69) is 24.9 Å². The van der Waals surface area contributed by atoms with E-state index in [4.69, 9.17) is 11.1 Å². The van der Waals surface area contributed by atoms with Gasteiger partial charge in [0.25, 0.3) is 0 Å². The highest BCUT2D eigenvalue weighted by Crippen LogP contribution is 2.07. The van der Waals surface area contributed by atoms with Crippen LogP contribution in [0.5, 0.6) is 0 Å². The van der Waals surface area contributed by atoms with Crippen molar-refractivity contribution in [3.63, 3.8) is 0 Å². The maximum atomic E-state index is 11.0. The molecule has 0 aromatic carbocycles. The molecule has 13 nitrogen and oxygen atoms in total. The Kier molecular flexibility index (Phi) is 9.21. The van der Waals surface area contributed by atoms with Crippen molar-refractivity contribution in [1.82, 2.24) is 5.48 Å². The average Bonchev–Trinajstić information content (AvgIpc) is 2.49. The molecule has 1 amide bonds. The summed E-state index contributed by atoms with van der Waals surface area (Å²) in [5, 5.41) is 34.4. The van der Waals surface area contributed by atoms with Gasteiger partial charge >= 0.3 is 0 Å². The normalized spacial score (nSPS) is 15.6. The molecule has 0 heterocycles. The number of hydroxylamine groups is 1. The first-order valence-corrected chi connectivity index (χ1v) is 5.43. The monoisotopic (exact) mass is 303 g/mol. The summed E-state index contributed by atoms with van der Waals surface area (Å²) in [5.74, 6) is -0.893. The second-order valence-corrected chi connectivity index (χ2v) is 3.59. The predicted molar refractivity (Wildman–Crippen MR) is 65.1 cm³/mol. The van der Waals surface area contributed by atoms with Gasteiger partial charge in [-0.05, 0) is 11.1 Å². The van der Waals surface area contributed by atoms with E-state index < -0.39 is 43.4 Å². The fourth-order valence-electron chi connectivity index (χ4n) is 1.09. The molecule has 0 aliphatic heterocycles. The molecular weight excluding hydrogens is 290 g/mol. The van der Waals surface area contributed by atoms with E-state index in [1.54, 1.807) is 5.48 Å². The van der Waals surface area contributed by atoms with Crippen molar-refractivity contribution in [2.24, 2.45) is 10.2 Å². The third-order valence-corrected chi connectivity index (χ3v) is 2.13. The molecule has 116 valence electrons. The number of hydrogen-bond donors (Lipinski definition) is 4. The van der Waals surface area contributed by atoms with Gasteiger partial charge in [0.05, 0.1) is 12.6 Å². The molecular formula is C8H13N7O6. The maximum Gasteiger partial charge on any atom is 0.249 e. The van der Waals surface area contributed by atoms with E-state index in [1.807, 2.05) is 0 Å². The van der Waals surface area contributed by atoms with Gasteiger partial charge in [-0.15, -0.1) is 0 Å². The van der Waals surface area contributed by atoms with Crippen molar-refractivity contribution in [2.75, 3.05) is 13.1 Å². The van der Waals surface area contributed by atoms with Crippen LogP contribution in [0.15, 0.2) is 10.2 Å². The largest absolute Gasteiger partial charge is 0.390 e. The standard InChI is InChI=1S/C8H13N7O6/c9-14-11-1-4(17)7(19)8(20)5(3-16)21-13-6(18)2-12-15-10/h3-5,7-8,17,19-20H,1-2H2,(H,13,18)/t4-,5+,7+,8-/m1/s1. The van der Waals surface area contributed by atoms with Crippen molar-refractivity contribution in [3.05, 3.63) is 20.9 Å². The molecule has 0 rings (SSSR count). The van der Waals surface area contributed by atoms with Gasteiger partial charge in [-0.1, -0.05) is 10.2 Å². The van der Waals surface area contributed by atoms with Crippen LogP contribution in [0.2, 0.25) is 0 Å². The molecule has 0 bridgehead atoms. The van der Waals surface area contributed by atoms with Crippen LogP contribution >= 0.6 is 0 Å². The summed E-state index contributed by atoms with van der Waals surface area (Å²) in [5.41, 5.74) is 17.7. The lowest BCUT2D eigenvalue weighted by Crippen LogP contribution is -2.49. The van der Waals surface area contributed by atoms with Gasteiger partial charge in [0.15, 0.2) is 12.4 Å². The molecule has 4 atom stereocenters. The number of carbonyl (C=O) groups is 2. The van der Waals surface area contributed by atoms with Crippen LogP contribution in [0, 0.1) is 0 Å². The Hall–Kier alpha value is -2.40. The summed E-state index contributed by atoms with van der Waals surface area (Å²) in [6, 6.07) is 0. The van der Waals surface area contributed by atoms with Gasteiger partial charge in [-0.25, -0.2) is 5.48 Å². The minimum absolute atomic E-state index is 0.0714. The zero-order chi connectivity index (χ0) is 16.3. The highest BCUT2D eigenvalue weighted by molar-refractivity contribution is 5.77. The van der Waals surface area contributed by atoms with E-state index in [0.29, 0.717) is 0 Å². The lowest BCUT2D eigenvalue weighted by atomic mass is 10.0. The van der Waals surface area contributed by atoms with Crippen molar-refractivity contribution in [3.8, 4) is 0 Å². The molecule has 0 radical (unpaired) electrons. The summed E-state index contributed by atoms with van der Waals surface area (Å²) in [4.78, 5) is 30.9. The zero-order valence-corrected chi connectivity index (χ0v) is 10.6. The van der Waals surface area contributed by atoms with Crippen molar-refractivity contribution < 1.29 is 29.7 Å². The first-order valence-electron chi connectivity index (χ1n) is 5.43. The summed E-state index contributed by atoms with van der Waals surface area (Å²) in [6.45, 7) is -1.14. The molecule has 21 heavy (non-hydrogen) atoms. The lowest BCUT2D eigenvalue weighted by Gasteiger charge is -2.25. The number of nitrogens with one attached hydrogen (secondary N) is 1. The zero-order valence-electron chi connectivity index (χ0n) is 10.6. The average molecular weight is 303 g/mol. The molecule has 0 aliphatic carbocycles. The molecule has 0 saturated carbocycles. The van der Waals surface area contributed by atoms with Crippen LogP contribution in [0.3, 0.4) is 0 Å². The third kappa shape index (κ3) is 7.08. The fourth-order valence-corrected chi connectivity index (χ4v) is 1.09. The van der Waals surface area contributed by atoms with E-state index in [0.717, 1.165) is 0 Å². The van der Waals surface area contributed by atoms with Crippen molar-refractivity contribution in [1.29, 1.82) is 0 Å². The third-order valence-electron chi connectivity index (χ3n) is 2.13. The van der Waals surface area contributed by atoms with E-state index in [1.165, 1.54) is 0 Å². The van der Waals surface area contributed by atoms with Gasteiger partial charge in [-0.2, -0.15) is 0 Å². The number of amides is 1. The van der Waals surface area contributed by atoms with E-state index in [-0.39, 0.29) is 6.29 Å². The Morgan fingerprint density at radius 3 is 2.38 bits per heavy atom. The fraction of sp³-hybridized carbons (Fsp3) is 0.750. The number of aliphatic hydroxyl groups is 3. The van der Waals surface area contributed by atoms with Crippen LogP contribution in [-0.2, 0) is 14.4 Å². The number of aldehydes is 1. The highest BCUT2D eigenvalue weighted by Gasteiger charge is 2.32. The maximum absolute atomic E-state index is 11.0. The first kappa shape index (κ1) is 18.6. The quantitative estimate of drug-likeness (QED) is 0.121. The van der Waals surface area contributed by atoms with Gasteiger partial charge in [-0.3, -0.25) is 9.63 Å². The molecule has 0 aromatic rings. The molecule has 0 fully saturated rings. The molecule has 13 heteroatoms. The minimum Gasteiger partial charge on any atom is -0.390 e. The van der Waals surface area contributed by atoms with Crippen LogP contribution in [0.25, 0.3) is 20.9 Å². The Labute approximate surface area is 117 Å². The van der Waals surface area contributed by atoms with Crippen LogP contribution in [0.1, 0.15) is 0 Å². The molecule has 0 saturated heterocycles. The van der Waals surface area contributed by atoms with Crippen LogP contribution < -0.4 is 5.48 Å². The number of azide groups is 2. The Bertz CT molecular complexity index is 446. The number of hydrogen-bond acceptors (Lipinski definition) is 8. The first-order chi connectivity index (χ1) is 9.97. The molecule has 0 unspecified atom stereocenters. The number of aliphatic hydroxyl groups excluding tert-OH is 3. The minimum atomic E-state index is -1.90. The Morgan fingerprint density at radius 2 is 1.86 bits per heavy atom. The van der Waals surface area contributed by atoms with Crippen molar-refractivity contribution in [2.45, 2.75) is 24.4 Å². The second-order valence-electron chi connectivity index (χ2n) is 3.59. The van der Waals surface area contributed by atoms with Crippen molar-refractivity contribution >= 4 is 12.2 Å². The van der Waals surface area contributed by atoms with E-state index in [9.17, 15) is 24.9 Å². The topological polar surface area (TPSA) is 214 Å². The smallest absolute Gasteiger partial charge is 0.249 e. The van der Waals surface area contributed by atoms with Crippen LogP contribution in [-0.4, -0.2) is 65.0 Å². The highest BCUT2D eigenvalue weighted by atomic mass is 16.7. The molecule has 0 aliphatic rings. The Balaban J connectivity index is 4.49. The van der Waals surface area contributed by atoms with Gasteiger partial charge in [0, 0.05) is 9.82 Å². The summed E-state index contributed by atoms with van der Waals surface area (Å²) >= 11 is 0. The summed E-state index contributed by atoms with van der Waals surface area (Å²) < 4.78 is 0.